The van der Waals surface area contributed by atoms with E-state index < -0.39 is 60.4 Å². The summed E-state index contributed by atoms with van der Waals surface area (Å²) in [6.45, 7) is 13.1. The van der Waals surface area contributed by atoms with Gasteiger partial charge in [0, 0.05) is 23.0 Å². The Morgan fingerprint density at radius 2 is 1.08 bits per heavy atom. The molecule has 14 rings (SSSR count). The van der Waals surface area contributed by atoms with Gasteiger partial charge in [-0.3, -0.25) is 13.7 Å². The van der Waals surface area contributed by atoms with Crippen LogP contribution in [-0.2, 0) is 10.8 Å². The molecule has 1 aliphatic heterocycles. The van der Waals surface area contributed by atoms with Crippen molar-refractivity contribution in [1.82, 2.24) is 14.1 Å². The number of rotatable bonds is 7. The number of fused-ring (bicyclic) bond motifs is 10. The summed E-state index contributed by atoms with van der Waals surface area (Å²) in [6, 6.07) is 53.4. The molecule has 0 spiro atoms. The standard InChI is InChI=1S/C74H58N4O/c1-73(2,3)52-36-34-48(35-37-52)51-42-65-60-27-14-13-26-59(60)63-31-18-29-57(49-20-9-7-10-21-49)70(63)64-32-19-30-58(50-22-11-8-12-23-50)71(64)77-47-76(68(43-51)72(65)77)54-24-17-25-55(45-54)79-56-38-39-62-61-28-15-16-33-66(61)78(67(62)46-56)69-44-53(40-41-75-69)74(4,5)6/h7-46H,1-6H3/i7D,8D,9D,10D,11D,12D,20D,21D,22D,23D. The SMILES string of the molecule is [2H]c1c([2H])c([2H])c(-c2cccc3c2-c2cccc(-c4c([2H])c([2H])c([2H])c([2H])c4[2H])c2-[n+]2[c-]n(-c4cccc(Oc5ccc6c7ccccc7n(-c7cc(C(C)(C)C)ccn7)c6c5)c4)c4cc(-c5ccc(C(C)(C)C)cc5)cc(c42)-c2ccccc2-3)c([2H])c1[2H]. The molecule has 0 N–H and O–H groups in total. The van der Waals surface area contributed by atoms with Crippen LogP contribution in [-0.4, -0.2) is 14.1 Å². The van der Waals surface area contributed by atoms with Gasteiger partial charge in [0.2, 0.25) is 0 Å². The van der Waals surface area contributed by atoms with Gasteiger partial charge in [-0.05, 0) is 143 Å². The van der Waals surface area contributed by atoms with E-state index in [1.807, 2.05) is 106 Å². The third-order valence-corrected chi connectivity index (χ3v) is 15.3. The molecule has 5 heteroatoms. The number of pyridine rings is 1. The van der Waals surface area contributed by atoms with Crippen LogP contribution in [0.25, 0.3) is 117 Å². The lowest BCUT2D eigenvalue weighted by atomic mass is 9.83. The number of aromatic nitrogens is 4. The first kappa shape index (κ1) is 38.0. The molecule has 0 saturated heterocycles. The van der Waals surface area contributed by atoms with Crippen molar-refractivity contribution < 1.29 is 23.0 Å². The maximum Gasteiger partial charge on any atom is 0.269 e. The van der Waals surface area contributed by atoms with Crippen LogP contribution in [0.3, 0.4) is 0 Å². The topological polar surface area (TPSA) is 35.9 Å². The highest BCUT2D eigenvalue weighted by Crippen LogP contribution is 2.49. The van der Waals surface area contributed by atoms with Gasteiger partial charge in [0.1, 0.15) is 17.3 Å². The minimum absolute atomic E-state index is 0.0252. The van der Waals surface area contributed by atoms with Gasteiger partial charge in [-0.25, -0.2) is 4.98 Å². The molecule has 0 atom stereocenters. The molecular formula is C74H58N4O. The Bertz CT molecular complexity index is 5090. The van der Waals surface area contributed by atoms with Crippen LogP contribution >= 0.6 is 0 Å². The first-order valence-corrected chi connectivity index (χ1v) is 26.5. The first-order valence-electron chi connectivity index (χ1n) is 31.5. The molecule has 0 bridgehead atoms. The molecule has 0 aliphatic carbocycles. The van der Waals surface area contributed by atoms with Crippen LogP contribution < -0.4 is 9.30 Å². The van der Waals surface area contributed by atoms with Gasteiger partial charge in [0.15, 0.2) is 0 Å². The van der Waals surface area contributed by atoms with Crippen molar-refractivity contribution in [2.75, 3.05) is 0 Å². The summed E-state index contributed by atoms with van der Waals surface area (Å²) in [5, 5.41) is 2.13. The summed E-state index contributed by atoms with van der Waals surface area (Å²) in [5.74, 6) is 1.91. The molecule has 5 nitrogen and oxygen atoms in total. The van der Waals surface area contributed by atoms with E-state index in [-0.39, 0.29) is 27.5 Å². The van der Waals surface area contributed by atoms with E-state index in [0.29, 0.717) is 56.2 Å². The zero-order valence-electron chi connectivity index (χ0n) is 54.5. The Labute approximate surface area is 476 Å². The fourth-order valence-corrected chi connectivity index (χ4v) is 11.4. The van der Waals surface area contributed by atoms with E-state index >= 15 is 0 Å². The smallest absolute Gasteiger partial charge is 0.269 e. The molecule has 0 saturated carbocycles. The molecule has 1 aliphatic rings. The van der Waals surface area contributed by atoms with Crippen LogP contribution in [0.2, 0.25) is 0 Å². The number of nitrogens with zero attached hydrogens (tertiary/aromatic N) is 4. The minimum atomic E-state index is -0.544. The van der Waals surface area contributed by atoms with E-state index in [9.17, 15) is 5.48 Å². The Hall–Kier alpha value is -9.58. The summed E-state index contributed by atoms with van der Waals surface area (Å²) < 4.78 is 104. The highest BCUT2D eigenvalue weighted by molar-refractivity contribution is 6.10. The minimum Gasteiger partial charge on any atom is -0.458 e. The summed E-state index contributed by atoms with van der Waals surface area (Å²) in [5.41, 5.74) is 12.7. The number of ether oxygens (including phenoxy) is 1. The second kappa shape index (κ2) is 18.6. The molecule has 4 heterocycles. The van der Waals surface area contributed by atoms with E-state index in [4.69, 9.17) is 17.9 Å². The molecule has 79 heavy (non-hydrogen) atoms. The summed E-state index contributed by atoms with van der Waals surface area (Å²) in [4.78, 5) is 4.90. The van der Waals surface area contributed by atoms with Crippen LogP contribution in [0.1, 0.15) is 66.4 Å². The van der Waals surface area contributed by atoms with Crippen molar-refractivity contribution >= 4 is 32.8 Å². The van der Waals surface area contributed by atoms with Crippen LogP contribution in [0.5, 0.6) is 11.5 Å². The highest BCUT2D eigenvalue weighted by atomic mass is 16.5. The zero-order valence-corrected chi connectivity index (χ0v) is 44.5. The molecule has 0 unspecified atom stereocenters. The van der Waals surface area contributed by atoms with E-state index in [2.05, 4.69) is 119 Å². The Kier molecular flexibility index (Phi) is 8.94. The van der Waals surface area contributed by atoms with Crippen molar-refractivity contribution in [3.05, 3.63) is 260 Å². The van der Waals surface area contributed by atoms with Crippen molar-refractivity contribution in [1.29, 1.82) is 0 Å². The lowest BCUT2D eigenvalue weighted by Gasteiger charge is -2.21. The average Bonchev–Trinajstić information content (AvgIpc) is 1.64. The fourth-order valence-electron chi connectivity index (χ4n) is 11.4. The Balaban J connectivity index is 1.07. The van der Waals surface area contributed by atoms with Crippen molar-refractivity contribution in [3.8, 4) is 95.5 Å². The summed E-state index contributed by atoms with van der Waals surface area (Å²) in [6.07, 6.45) is 5.66. The molecule has 13 aromatic rings. The van der Waals surface area contributed by atoms with Crippen molar-refractivity contribution in [3.63, 3.8) is 0 Å². The lowest BCUT2D eigenvalue weighted by Crippen LogP contribution is -2.32. The van der Waals surface area contributed by atoms with Crippen LogP contribution in [0.4, 0.5) is 0 Å². The number of benzene rings is 10. The lowest BCUT2D eigenvalue weighted by molar-refractivity contribution is -0.570. The molecule has 0 amide bonds. The molecule has 0 radical (unpaired) electrons. The third kappa shape index (κ3) is 8.24. The van der Waals surface area contributed by atoms with E-state index in [1.54, 1.807) is 18.2 Å². The van der Waals surface area contributed by atoms with Crippen molar-refractivity contribution in [2.24, 2.45) is 0 Å². The average molecular weight is 1030 g/mol. The van der Waals surface area contributed by atoms with E-state index in [0.717, 1.165) is 61.0 Å². The zero-order chi connectivity index (χ0) is 62.3. The van der Waals surface area contributed by atoms with Gasteiger partial charge in [0.05, 0.1) is 47.1 Å². The largest absolute Gasteiger partial charge is 0.458 e. The van der Waals surface area contributed by atoms with Gasteiger partial charge in [0.25, 0.3) is 6.33 Å². The predicted molar refractivity (Wildman–Crippen MR) is 326 cm³/mol. The molecule has 10 aromatic carbocycles. The molecule has 3 aromatic heterocycles. The molecular weight excluding hydrogens is 961 g/mol. The number of hydrogen-bond acceptors (Lipinski definition) is 2. The van der Waals surface area contributed by atoms with E-state index in [1.165, 1.54) is 5.56 Å². The van der Waals surface area contributed by atoms with Gasteiger partial charge < -0.3 is 4.74 Å². The van der Waals surface area contributed by atoms with Gasteiger partial charge in [-0.1, -0.05) is 217 Å². The molecule has 0 fully saturated rings. The number of hydrogen-bond donors (Lipinski definition) is 0. The monoisotopic (exact) mass is 1030 g/mol. The summed E-state index contributed by atoms with van der Waals surface area (Å²) in [7, 11) is 0. The van der Waals surface area contributed by atoms with Crippen LogP contribution in [0.15, 0.2) is 243 Å². The number of para-hydroxylation sites is 2. The first-order chi connectivity index (χ1) is 42.6. The third-order valence-electron chi connectivity index (χ3n) is 15.3. The van der Waals surface area contributed by atoms with Crippen molar-refractivity contribution in [2.45, 2.75) is 52.4 Å². The second-order valence-corrected chi connectivity index (χ2v) is 22.2. The maximum absolute atomic E-state index is 9.54. The number of imidazole rings is 1. The van der Waals surface area contributed by atoms with Gasteiger partial charge in [-0.15, -0.1) is 0 Å². The Morgan fingerprint density at radius 1 is 0.456 bits per heavy atom. The molecule has 380 valence electrons. The quantitative estimate of drug-likeness (QED) is 0.118. The normalized spacial score (nSPS) is 13.9. The second-order valence-electron chi connectivity index (χ2n) is 22.2. The van der Waals surface area contributed by atoms with Crippen LogP contribution in [0, 0.1) is 6.33 Å². The Morgan fingerprint density at radius 3 is 1.82 bits per heavy atom. The van der Waals surface area contributed by atoms with Gasteiger partial charge in [-0.2, -0.15) is 0 Å². The summed E-state index contributed by atoms with van der Waals surface area (Å²) >= 11 is 0. The van der Waals surface area contributed by atoms with Gasteiger partial charge >= 0.3 is 0 Å². The fraction of sp³-hybridized carbons (Fsp3) is 0.108. The highest BCUT2D eigenvalue weighted by Gasteiger charge is 2.29. The predicted octanol–water partition coefficient (Wildman–Crippen LogP) is 18.9. The maximum atomic E-state index is 9.54.